The summed E-state index contributed by atoms with van der Waals surface area (Å²) in [6, 6.07) is 12.7. The number of amides is 1. The summed E-state index contributed by atoms with van der Waals surface area (Å²) >= 11 is 0. The highest BCUT2D eigenvalue weighted by atomic mass is 16.7. The van der Waals surface area contributed by atoms with Gasteiger partial charge in [0.15, 0.2) is 11.5 Å². The molecule has 0 atom stereocenters. The van der Waals surface area contributed by atoms with E-state index < -0.39 is 0 Å². The molecule has 0 radical (unpaired) electrons. The molecular weight excluding hydrogens is 332 g/mol. The molecule has 4 rings (SSSR count). The van der Waals surface area contributed by atoms with Crippen LogP contribution in [0.5, 0.6) is 11.5 Å². The normalized spacial score (nSPS) is 11.8. The van der Waals surface area contributed by atoms with Gasteiger partial charge in [0.2, 0.25) is 6.79 Å². The Morgan fingerprint density at radius 1 is 1.04 bits per heavy atom. The molecule has 0 aliphatic carbocycles. The molecule has 0 saturated carbocycles. The van der Waals surface area contributed by atoms with Crippen molar-refractivity contribution in [3.63, 3.8) is 0 Å². The largest absolute Gasteiger partial charge is 0.454 e. The van der Waals surface area contributed by atoms with E-state index in [0.29, 0.717) is 29.3 Å². The second-order valence-corrected chi connectivity index (χ2v) is 5.66. The van der Waals surface area contributed by atoms with Crippen molar-refractivity contribution in [2.45, 2.75) is 6.54 Å². The summed E-state index contributed by atoms with van der Waals surface area (Å²) < 4.78 is 10.6. The van der Waals surface area contributed by atoms with Crippen molar-refractivity contribution in [3.8, 4) is 11.5 Å². The fraction of sp³-hybridized carbons (Fsp3) is 0.105. The molecular formula is C19H16N4O3. The SMILES string of the molecule is O=C(Nc1ccc2c(c1)OCO2)c1cncc(NCc2ccccn2)c1. The van der Waals surface area contributed by atoms with E-state index >= 15 is 0 Å². The molecule has 7 nitrogen and oxygen atoms in total. The first-order chi connectivity index (χ1) is 12.8. The van der Waals surface area contributed by atoms with Crippen LogP contribution < -0.4 is 20.1 Å². The lowest BCUT2D eigenvalue weighted by molar-refractivity contribution is 0.102. The summed E-state index contributed by atoms with van der Waals surface area (Å²) in [5.41, 5.74) is 2.73. The Hall–Kier alpha value is -3.61. The monoisotopic (exact) mass is 348 g/mol. The van der Waals surface area contributed by atoms with Crippen LogP contribution in [0.25, 0.3) is 0 Å². The zero-order valence-electron chi connectivity index (χ0n) is 13.8. The Morgan fingerprint density at radius 3 is 2.85 bits per heavy atom. The molecule has 7 heteroatoms. The Bertz CT molecular complexity index is 931. The van der Waals surface area contributed by atoms with E-state index in [2.05, 4.69) is 20.6 Å². The van der Waals surface area contributed by atoms with Crippen LogP contribution in [0.3, 0.4) is 0 Å². The molecule has 1 amide bonds. The van der Waals surface area contributed by atoms with Gasteiger partial charge in [0, 0.05) is 30.3 Å². The van der Waals surface area contributed by atoms with Gasteiger partial charge in [-0.2, -0.15) is 0 Å². The molecule has 0 bridgehead atoms. The van der Waals surface area contributed by atoms with Gasteiger partial charge >= 0.3 is 0 Å². The standard InChI is InChI=1S/C19H16N4O3/c24-19(23-14-4-5-17-18(8-14)26-12-25-17)13-7-16(10-20-9-13)22-11-15-3-1-2-6-21-15/h1-10,22H,11-12H2,(H,23,24). The minimum atomic E-state index is -0.252. The number of hydrogen-bond acceptors (Lipinski definition) is 6. The zero-order chi connectivity index (χ0) is 17.8. The third kappa shape index (κ3) is 3.56. The zero-order valence-corrected chi connectivity index (χ0v) is 13.8. The number of nitrogens with zero attached hydrogens (tertiary/aromatic N) is 2. The first-order valence-electron chi connectivity index (χ1n) is 8.08. The maximum Gasteiger partial charge on any atom is 0.257 e. The van der Waals surface area contributed by atoms with Crippen molar-refractivity contribution in [2.75, 3.05) is 17.4 Å². The second-order valence-electron chi connectivity index (χ2n) is 5.66. The second kappa shape index (κ2) is 7.10. The van der Waals surface area contributed by atoms with Crippen molar-refractivity contribution in [1.82, 2.24) is 9.97 Å². The van der Waals surface area contributed by atoms with Crippen LogP contribution in [0.4, 0.5) is 11.4 Å². The number of fused-ring (bicyclic) bond motifs is 1. The van der Waals surface area contributed by atoms with Gasteiger partial charge in [-0.15, -0.1) is 0 Å². The van der Waals surface area contributed by atoms with Gasteiger partial charge in [-0.3, -0.25) is 14.8 Å². The number of aromatic nitrogens is 2. The van der Waals surface area contributed by atoms with Gasteiger partial charge in [0.25, 0.3) is 5.91 Å². The number of carbonyl (C=O) groups is 1. The molecule has 26 heavy (non-hydrogen) atoms. The number of rotatable bonds is 5. The predicted molar refractivity (Wildman–Crippen MR) is 96.3 cm³/mol. The average Bonchev–Trinajstić information content (AvgIpc) is 3.15. The Labute approximate surface area is 150 Å². The van der Waals surface area contributed by atoms with Crippen molar-refractivity contribution < 1.29 is 14.3 Å². The van der Waals surface area contributed by atoms with E-state index in [-0.39, 0.29) is 12.7 Å². The van der Waals surface area contributed by atoms with Gasteiger partial charge < -0.3 is 20.1 Å². The highest BCUT2D eigenvalue weighted by Crippen LogP contribution is 2.34. The molecule has 0 spiro atoms. The highest BCUT2D eigenvalue weighted by Gasteiger charge is 2.15. The molecule has 2 N–H and O–H groups in total. The first-order valence-corrected chi connectivity index (χ1v) is 8.08. The van der Waals surface area contributed by atoms with E-state index in [1.54, 1.807) is 36.7 Å². The minimum Gasteiger partial charge on any atom is -0.454 e. The third-order valence-corrected chi connectivity index (χ3v) is 3.83. The first kappa shape index (κ1) is 15.9. The number of pyridine rings is 2. The van der Waals surface area contributed by atoms with Gasteiger partial charge in [0.1, 0.15) is 0 Å². The van der Waals surface area contributed by atoms with E-state index in [1.807, 2.05) is 18.2 Å². The van der Waals surface area contributed by atoms with E-state index in [9.17, 15) is 4.79 Å². The van der Waals surface area contributed by atoms with Crippen molar-refractivity contribution in [2.24, 2.45) is 0 Å². The number of nitrogens with one attached hydrogen (secondary N) is 2. The van der Waals surface area contributed by atoms with Crippen molar-refractivity contribution in [1.29, 1.82) is 0 Å². The summed E-state index contributed by atoms with van der Waals surface area (Å²) in [5, 5.41) is 6.05. The van der Waals surface area contributed by atoms with Crippen LogP contribution in [0.1, 0.15) is 16.1 Å². The minimum absolute atomic E-state index is 0.195. The number of hydrogen-bond donors (Lipinski definition) is 2. The lowest BCUT2D eigenvalue weighted by Gasteiger charge is -2.09. The number of anilines is 2. The third-order valence-electron chi connectivity index (χ3n) is 3.83. The number of carbonyl (C=O) groups excluding carboxylic acids is 1. The van der Waals surface area contributed by atoms with Crippen molar-refractivity contribution >= 4 is 17.3 Å². The Morgan fingerprint density at radius 2 is 1.96 bits per heavy atom. The Balaban J connectivity index is 1.43. The number of benzene rings is 1. The maximum absolute atomic E-state index is 12.5. The predicted octanol–water partition coefficient (Wildman–Crippen LogP) is 3.07. The van der Waals surface area contributed by atoms with Crippen LogP contribution in [0, 0.1) is 0 Å². The molecule has 1 aliphatic heterocycles. The molecule has 1 aromatic carbocycles. The fourth-order valence-corrected chi connectivity index (χ4v) is 2.53. The summed E-state index contributed by atoms with van der Waals surface area (Å²) in [6.45, 7) is 0.746. The van der Waals surface area contributed by atoms with Crippen LogP contribution in [-0.4, -0.2) is 22.7 Å². The molecule has 2 aromatic heterocycles. The average molecular weight is 348 g/mol. The molecule has 3 aromatic rings. The van der Waals surface area contributed by atoms with Crippen LogP contribution in [-0.2, 0) is 6.54 Å². The molecule has 0 saturated heterocycles. The van der Waals surface area contributed by atoms with E-state index in [1.165, 1.54) is 6.20 Å². The van der Waals surface area contributed by atoms with Crippen LogP contribution in [0.15, 0.2) is 61.1 Å². The number of ether oxygens (including phenoxy) is 2. The van der Waals surface area contributed by atoms with E-state index in [0.717, 1.165) is 11.4 Å². The topological polar surface area (TPSA) is 85.4 Å². The summed E-state index contributed by atoms with van der Waals surface area (Å²) in [5.74, 6) is 1.04. The summed E-state index contributed by atoms with van der Waals surface area (Å²) in [7, 11) is 0. The molecule has 0 unspecified atom stereocenters. The van der Waals surface area contributed by atoms with Crippen LogP contribution in [0.2, 0.25) is 0 Å². The lowest BCUT2D eigenvalue weighted by Crippen LogP contribution is -2.13. The summed E-state index contributed by atoms with van der Waals surface area (Å²) in [4.78, 5) is 20.9. The van der Waals surface area contributed by atoms with Crippen LogP contribution >= 0.6 is 0 Å². The van der Waals surface area contributed by atoms with E-state index in [4.69, 9.17) is 9.47 Å². The lowest BCUT2D eigenvalue weighted by atomic mass is 10.2. The summed E-state index contributed by atoms with van der Waals surface area (Å²) in [6.07, 6.45) is 4.93. The molecule has 0 fully saturated rings. The van der Waals surface area contributed by atoms with Gasteiger partial charge in [-0.25, -0.2) is 0 Å². The smallest absolute Gasteiger partial charge is 0.257 e. The molecule has 130 valence electrons. The Kier molecular flexibility index (Phi) is 4.34. The fourth-order valence-electron chi connectivity index (χ4n) is 2.53. The highest BCUT2D eigenvalue weighted by molar-refractivity contribution is 6.04. The molecule has 1 aliphatic rings. The van der Waals surface area contributed by atoms with Gasteiger partial charge in [-0.1, -0.05) is 6.07 Å². The quantitative estimate of drug-likeness (QED) is 0.737. The van der Waals surface area contributed by atoms with Crippen molar-refractivity contribution in [3.05, 3.63) is 72.3 Å². The molecule has 3 heterocycles. The maximum atomic E-state index is 12.5. The van der Waals surface area contributed by atoms with Gasteiger partial charge in [-0.05, 0) is 30.3 Å². The van der Waals surface area contributed by atoms with Gasteiger partial charge in [0.05, 0.1) is 23.5 Å².